The Morgan fingerprint density at radius 1 is 1.43 bits per heavy atom. The van der Waals surface area contributed by atoms with Crippen molar-refractivity contribution in [2.75, 3.05) is 5.73 Å². The zero-order valence-electron chi connectivity index (χ0n) is 7.90. The minimum Gasteiger partial charge on any atom is -0.383 e. The number of hydrogen-bond acceptors (Lipinski definition) is 4. The Morgan fingerprint density at radius 2 is 2.29 bits per heavy atom. The van der Waals surface area contributed by atoms with Crippen molar-refractivity contribution in [3.8, 4) is 11.3 Å². The molecule has 2 rings (SSSR count). The van der Waals surface area contributed by atoms with Gasteiger partial charge in [0.05, 0.1) is 5.69 Å². The third kappa shape index (κ3) is 1.48. The van der Waals surface area contributed by atoms with Gasteiger partial charge < -0.3 is 5.73 Å². The molecule has 0 saturated heterocycles. The van der Waals surface area contributed by atoms with Crippen molar-refractivity contribution in [3.05, 3.63) is 28.7 Å². The first-order valence-corrected chi connectivity index (χ1v) is 5.39. The van der Waals surface area contributed by atoms with Gasteiger partial charge in [-0.3, -0.25) is 0 Å². The average molecular weight is 205 g/mol. The predicted molar refractivity (Wildman–Crippen MR) is 59.1 cm³/mol. The minimum absolute atomic E-state index is 0.587. The number of aromatic nitrogens is 2. The molecule has 0 aromatic carbocycles. The molecule has 4 heteroatoms. The van der Waals surface area contributed by atoms with Gasteiger partial charge >= 0.3 is 0 Å². The fraction of sp³-hybridized carbons (Fsp3) is 0.200. The summed E-state index contributed by atoms with van der Waals surface area (Å²) in [6.07, 6.45) is 2.37. The standard InChI is InChI=1S/C10H11N3S/c1-2-8-9(7-3-4-14-5-7)12-6-13-10(8)11/h3-6H,2H2,1H3,(H2,11,12,13). The van der Waals surface area contributed by atoms with E-state index in [1.165, 1.54) is 6.33 Å². The van der Waals surface area contributed by atoms with E-state index < -0.39 is 0 Å². The lowest BCUT2D eigenvalue weighted by atomic mass is 10.1. The summed E-state index contributed by atoms with van der Waals surface area (Å²) in [5, 5.41) is 4.11. The van der Waals surface area contributed by atoms with Crippen LogP contribution in [-0.2, 0) is 6.42 Å². The van der Waals surface area contributed by atoms with Crippen LogP contribution in [0.25, 0.3) is 11.3 Å². The van der Waals surface area contributed by atoms with Gasteiger partial charge in [0.15, 0.2) is 0 Å². The number of anilines is 1. The fourth-order valence-corrected chi connectivity index (χ4v) is 2.06. The maximum absolute atomic E-state index is 5.79. The first-order valence-electron chi connectivity index (χ1n) is 4.45. The maximum atomic E-state index is 5.79. The monoisotopic (exact) mass is 205 g/mol. The topological polar surface area (TPSA) is 51.8 Å². The highest BCUT2D eigenvalue weighted by Crippen LogP contribution is 2.26. The summed E-state index contributed by atoms with van der Waals surface area (Å²) < 4.78 is 0. The minimum atomic E-state index is 0.587. The summed E-state index contributed by atoms with van der Waals surface area (Å²) in [5.74, 6) is 0.587. The van der Waals surface area contributed by atoms with Gasteiger partial charge in [0.2, 0.25) is 0 Å². The number of nitrogens with two attached hydrogens (primary N) is 1. The van der Waals surface area contributed by atoms with E-state index in [0.717, 1.165) is 23.2 Å². The Labute approximate surface area is 86.6 Å². The summed E-state index contributed by atoms with van der Waals surface area (Å²) in [6, 6.07) is 2.05. The van der Waals surface area contributed by atoms with E-state index >= 15 is 0 Å². The van der Waals surface area contributed by atoms with Crippen LogP contribution >= 0.6 is 11.3 Å². The quantitative estimate of drug-likeness (QED) is 0.818. The molecule has 0 amide bonds. The van der Waals surface area contributed by atoms with E-state index in [2.05, 4.69) is 22.3 Å². The molecule has 2 aromatic heterocycles. The van der Waals surface area contributed by atoms with E-state index in [0.29, 0.717) is 5.82 Å². The van der Waals surface area contributed by atoms with Gasteiger partial charge in [0, 0.05) is 16.5 Å². The van der Waals surface area contributed by atoms with E-state index in [9.17, 15) is 0 Å². The van der Waals surface area contributed by atoms with E-state index in [1.54, 1.807) is 11.3 Å². The van der Waals surface area contributed by atoms with Gasteiger partial charge in [-0.05, 0) is 17.9 Å². The van der Waals surface area contributed by atoms with Crippen LogP contribution in [0.3, 0.4) is 0 Å². The van der Waals surface area contributed by atoms with Crippen LogP contribution in [0, 0.1) is 0 Å². The molecule has 0 spiro atoms. The highest BCUT2D eigenvalue weighted by Gasteiger charge is 2.08. The highest BCUT2D eigenvalue weighted by atomic mass is 32.1. The SMILES string of the molecule is CCc1c(N)ncnc1-c1ccsc1. The van der Waals surface area contributed by atoms with Crippen molar-refractivity contribution in [1.82, 2.24) is 9.97 Å². The molecule has 0 aliphatic carbocycles. The van der Waals surface area contributed by atoms with Gasteiger partial charge in [0.25, 0.3) is 0 Å². The van der Waals surface area contributed by atoms with Gasteiger partial charge in [-0.15, -0.1) is 0 Å². The van der Waals surface area contributed by atoms with Crippen LogP contribution < -0.4 is 5.73 Å². The smallest absolute Gasteiger partial charge is 0.130 e. The molecule has 72 valence electrons. The Kier molecular flexibility index (Phi) is 2.45. The van der Waals surface area contributed by atoms with E-state index in [4.69, 9.17) is 5.73 Å². The Hall–Kier alpha value is -1.42. The zero-order valence-corrected chi connectivity index (χ0v) is 8.71. The summed E-state index contributed by atoms with van der Waals surface area (Å²) >= 11 is 1.66. The fourth-order valence-electron chi connectivity index (χ4n) is 1.42. The molecule has 0 aliphatic heterocycles. The number of nitrogens with zero attached hydrogens (tertiary/aromatic N) is 2. The van der Waals surface area contributed by atoms with Crippen LogP contribution in [0.4, 0.5) is 5.82 Å². The van der Waals surface area contributed by atoms with Crippen molar-refractivity contribution in [2.24, 2.45) is 0 Å². The maximum Gasteiger partial charge on any atom is 0.130 e. The third-order valence-corrected chi connectivity index (χ3v) is 2.81. The molecule has 0 radical (unpaired) electrons. The Balaban J connectivity index is 2.58. The van der Waals surface area contributed by atoms with Gasteiger partial charge in [-0.2, -0.15) is 11.3 Å². The van der Waals surface area contributed by atoms with E-state index in [-0.39, 0.29) is 0 Å². The number of rotatable bonds is 2. The van der Waals surface area contributed by atoms with E-state index in [1.807, 2.05) is 11.4 Å². The van der Waals surface area contributed by atoms with Crippen molar-refractivity contribution >= 4 is 17.2 Å². The normalized spacial score (nSPS) is 10.4. The molecular formula is C10H11N3S. The molecule has 0 fully saturated rings. The molecule has 0 aliphatic rings. The first kappa shape index (κ1) is 9.15. The molecule has 2 aromatic rings. The largest absolute Gasteiger partial charge is 0.383 e. The molecule has 0 atom stereocenters. The Bertz CT molecular complexity index is 423. The summed E-state index contributed by atoms with van der Waals surface area (Å²) in [7, 11) is 0. The van der Waals surface area contributed by atoms with Crippen LogP contribution in [0.5, 0.6) is 0 Å². The van der Waals surface area contributed by atoms with Gasteiger partial charge in [0.1, 0.15) is 12.1 Å². The second kappa shape index (κ2) is 3.75. The molecule has 2 N–H and O–H groups in total. The summed E-state index contributed by atoms with van der Waals surface area (Å²) in [5.41, 5.74) is 8.91. The van der Waals surface area contributed by atoms with Crippen molar-refractivity contribution in [3.63, 3.8) is 0 Å². The Morgan fingerprint density at radius 3 is 2.93 bits per heavy atom. The number of hydrogen-bond donors (Lipinski definition) is 1. The van der Waals surface area contributed by atoms with Crippen LogP contribution in [0.15, 0.2) is 23.2 Å². The zero-order chi connectivity index (χ0) is 9.97. The van der Waals surface area contributed by atoms with Crippen molar-refractivity contribution in [2.45, 2.75) is 13.3 Å². The molecule has 2 heterocycles. The van der Waals surface area contributed by atoms with Crippen LogP contribution in [0.1, 0.15) is 12.5 Å². The van der Waals surface area contributed by atoms with Gasteiger partial charge in [-0.1, -0.05) is 6.92 Å². The number of thiophene rings is 1. The predicted octanol–water partition coefficient (Wildman–Crippen LogP) is 2.35. The lowest BCUT2D eigenvalue weighted by molar-refractivity contribution is 1.06. The average Bonchev–Trinajstić information content (AvgIpc) is 2.70. The molecular weight excluding hydrogens is 194 g/mol. The summed E-state index contributed by atoms with van der Waals surface area (Å²) in [6.45, 7) is 2.06. The lowest BCUT2D eigenvalue weighted by Crippen LogP contribution is -2.00. The third-order valence-electron chi connectivity index (χ3n) is 2.13. The van der Waals surface area contributed by atoms with Crippen LogP contribution in [-0.4, -0.2) is 9.97 Å². The molecule has 3 nitrogen and oxygen atoms in total. The lowest BCUT2D eigenvalue weighted by Gasteiger charge is -2.06. The van der Waals surface area contributed by atoms with Gasteiger partial charge in [-0.25, -0.2) is 9.97 Å². The van der Waals surface area contributed by atoms with Crippen molar-refractivity contribution in [1.29, 1.82) is 0 Å². The number of nitrogen functional groups attached to an aromatic ring is 1. The second-order valence-electron chi connectivity index (χ2n) is 2.95. The van der Waals surface area contributed by atoms with Crippen LogP contribution in [0.2, 0.25) is 0 Å². The molecule has 14 heavy (non-hydrogen) atoms. The summed E-state index contributed by atoms with van der Waals surface area (Å²) in [4.78, 5) is 8.26. The molecule has 0 bridgehead atoms. The second-order valence-corrected chi connectivity index (χ2v) is 3.73. The molecule has 0 unspecified atom stereocenters. The van der Waals surface area contributed by atoms with Crippen molar-refractivity contribution < 1.29 is 0 Å². The highest BCUT2D eigenvalue weighted by molar-refractivity contribution is 7.08. The first-order chi connectivity index (χ1) is 6.83. The molecule has 0 saturated carbocycles.